The highest BCUT2D eigenvalue weighted by Gasteiger charge is 2.08. The quantitative estimate of drug-likeness (QED) is 0.801. The van der Waals surface area contributed by atoms with E-state index in [9.17, 15) is 4.79 Å². The molecular weight excluding hydrogens is 252 g/mol. The Morgan fingerprint density at radius 1 is 1.50 bits per heavy atom. The lowest BCUT2D eigenvalue weighted by atomic mass is 10.3. The normalized spacial score (nSPS) is 10.1. The molecule has 0 atom stereocenters. The van der Waals surface area contributed by atoms with E-state index in [1.54, 1.807) is 25.4 Å². The molecule has 0 aliphatic heterocycles. The number of hydrogen-bond acceptors (Lipinski definition) is 5. The van der Waals surface area contributed by atoms with Crippen LogP contribution < -0.4 is 10.1 Å². The highest BCUT2D eigenvalue weighted by molar-refractivity contribution is 7.99. The number of thioether (sulfide) groups is 1. The molecule has 0 unspecified atom stereocenters. The Bertz CT molecular complexity index is 516. The number of rotatable bonds is 5. The number of aromatic amines is 1. The van der Waals surface area contributed by atoms with Gasteiger partial charge in [-0.2, -0.15) is 10.3 Å². The van der Waals surface area contributed by atoms with Gasteiger partial charge in [0.05, 0.1) is 24.7 Å². The van der Waals surface area contributed by atoms with E-state index in [2.05, 4.69) is 20.7 Å². The first-order valence-corrected chi connectivity index (χ1v) is 6.19. The average molecular weight is 264 g/mol. The van der Waals surface area contributed by atoms with Gasteiger partial charge in [0.1, 0.15) is 10.8 Å². The summed E-state index contributed by atoms with van der Waals surface area (Å²) in [4.78, 5) is 11.7. The molecule has 1 aromatic carbocycles. The van der Waals surface area contributed by atoms with Gasteiger partial charge >= 0.3 is 0 Å². The third-order valence-corrected chi connectivity index (χ3v) is 3.02. The molecule has 0 radical (unpaired) electrons. The van der Waals surface area contributed by atoms with Crippen LogP contribution in [0.3, 0.4) is 0 Å². The molecule has 2 N–H and O–H groups in total. The predicted molar refractivity (Wildman–Crippen MR) is 68.7 cm³/mol. The van der Waals surface area contributed by atoms with Crippen molar-refractivity contribution in [3.63, 3.8) is 0 Å². The monoisotopic (exact) mass is 264 g/mol. The van der Waals surface area contributed by atoms with Crippen LogP contribution in [0.15, 0.2) is 35.5 Å². The number of methoxy groups -OCH3 is 1. The number of amides is 1. The molecule has 7 heteroatoms. The van der Waals surface area contributed by atoms with Gasteiger partial charge in [-0.05, 0) is 12.1 Å². The number of nitrogens with zero attached hydrogens (tertiary/aromatic N) is 2. The van der Waals surface area contributed by atoms with Crippen LogP contribution in [0, 0.1) is 0 Å². The van der Waals surface area contributed by atoms with Gasteiger partial charge in [-0.3, -0.25) is 4.79 Å². The van der Waals surface area contributed by atoms with Crippen molar-refractivity contribution in [2.24, 2.45) is 0 Å². The third-order valence-electron chi connectivity index (χ3n) is 2.13. The van der Waals surface area contributed by atoms with Crippen LogP contribution >= 0.6 is 11.8 Å². The van der Waals surface area contributed by atoms with Gasteiger partial charge in [-0.15, -0.1) is 5.10 Å². The van der Waals surface area contributed by atoms with E-state index in [-0.39, 0.29) is 11.7 Å². The third kappa shape index (κ3) is 3.24. The van der Waals surface area contributed by atoms with E-state index in [1.807, 2.05) is 12.1 Å². The van der Waals surface area contributed by atoms with Crippen LogP contribution in [-0.4, -0.2) is 34.2 Å². The van der Waals surface area contributed by atoms with Crippen molar-refractivity contribution >= 4 is 23.4 Å². The Morgan fingerprint density at radius 2 is 2.33 bits per heavy atom. The van der Waals surface area contributed by atoms with Gasteiger partial charge in [0.25, 0.3) is 0 Å². The molecule has 0 aliphatic rings. The summed E-state index contributed by atoms with van der Waals surface area (Å²) in [5.74, 6) is 0.787. The predicted octanol–water partition coefficient (Wildman–Crippen LogP) is 1.54. The minimum Gasteiger partial charge on any atom is -0.495 e. The number of aromatic nitrogens is 3. The number of carbonyl (C=O) groups is 1. The van der Waals surface area contributed by atoms with Crippen LogP contribution in [0.5, 0.6) is 5.75 Å². The summed E-state index contributed by atoms with van der Waals surface area (Å²) in [5, 5.41) is 13.5. The lowest BCUT2D eigenvalue weighted by molar-refractivity contribution is -0.113. The van der Waals surface area contributed by atoms with Crippen LogP contribution in [-0.2, 0) is 4.79 Å². The standard InChI is InChI=1S/C11H12N4O2S/c1-17-9-5-3-2-4-8(9)13-10(16)7-18-11-6-12-15-14-11/h2-6H,7H2,1H3,(H,13,16)(H,12,14,15). The minimum atomic E-state index is -0.118. The van der Waals surface area contributed by atoms with E-state index < -0.39 is 0 Å². The number of nitrogens with one attached hydrogen (secondary N) is 2. The Hall–Kier alpha value is -2.02. The number of anilines is 1. The van der Waals surface area contributed by atoms with Gasteiger partial charge in [0.15, 0.2) is 0 Å². The Balaban J connectivity index is 1.90. The van der Waals surface area contributed by atoms with Gasteiger partial charge < -0.3 is 10.1 Å². The second-order valence-corrected chi connectivity index (χ2v) is 4.34. The molecule has 6 nitrogen and oxygen atoms in total. The Labute approximate surface area is 108 Å². The van der Waals surface area contributed by atoms with Gasteiger partial charge in [-0.1, -0.05) is 23.9 Å². The topological polar surface area (TPSA) is 79.9 Å². The second kappa shape index (κ2) is 6.06. The first kappa shape index (κ1) is 12.4. The number of benzene rings is 1. The zero-order valence-electron chi connectivity index (χ0n) is 9.71. The summed E-state index contributed by atoms with van der Waals surface area (Å²) in [5.41, 5.74) is 0.658. The molecule has 0 aliphatic carbocycles. The lowest BCUT2D eigenvalue weighted by Crippen LogP contribution is -2.14. The van der Waals surface area contributed by atoms with Gasteiger partial charge in [0.2, 0.25) is 5.91 Å². The fourth-order valence-electron chi connectivity index (χ4n) is 1.33. The van der Waals surface area contributed by atoms with E-state index in [0.717, 1.165) is 0 Å². The first-order valence-electron chi connectivity index (χ1n) is 5.21. The van der Waals surface area contributed by atoms with Gasteiger partial charge in [0, 0.05) is 0 Å². The highest BCUT2D eigenvalue weighted by Crippen LogP contribution is 2.23. The summed E-state index contributed by atoms with van der Waals surface area (Å²) in [6.45, 7) is 0. The molecule has 0 bridgehead atoms. The van der Waals surface area contributed by atoms with E-state index in [4.69, 9.17) is 4.74 Å². The molecule has 94 valence electrons. The van der Waals surface area contributed by atoms with Crippen molar-refractivity contribution in [1.29, 1.82) is 0 Å². The van der Waals surface area contributed by atoms with Crippen LogP contribution in [0.4, 0.5) is 5.69 Å². The highest BCUT2D eigenvalue weighted by atomic mass is 32.2. The number of carbonyl (C=O) groups excluding carboxylic acids is 1. The van der Waals surface area contributed by atoms with Crippen LogP contribution in [0.2, 0.25) is 0 Å². The Kier molecular flexibility index (Phi) is 4.19. The summed E-state index contributed by atoms with van der Waals surface area (Å²) < 4.78 is 5.15. The first-order chi connectivity index (χ1) is 8.79. The summed E-state index contributed by atoms with van der Waals surface area (Å²) in [6.07, 6.45) is 1.57. The number of hydrogen-bond donors (Lipinski definition) is 2. The second-order valence-electron chi connectivity index (χ2n) is 3.35. The maximum absolute atomic E-state index is 11.7. The molecule has 1 aromatic heterocycles. The maximum Gasteiger partial charge on any atom is 0.234 e. The largest absolute Gasteiger partial charge is 0.495 e. The lowest BCUT2D eigenvalue weighted by Gasteiger charge is -2.08. The zero-order valence-corrected chi connectivity index (χ0v) is 10.5. The van der Waals surface area contributed by atoms with Crippen molar-refractivity contribution in [3.8, 4) is 5.75 Å². The fourth-order valence-corrected chi connectivity index (χ4v) is 1.92. The zero-order chi connectivity index (χ0) is 12.8. The molecule has 0 saturated heterocycles. The molecule has 0 fully saturated rings. The van der Waals surface area contributed by atoms with Crippen molar-refractivity contribution in [2.45, 2.75) is 5.03 Å². The van der Waals surface area contributed by atoms with E-state index >= 15 is 0 Å². The van der Waals surface area contributed by atoms with E-state index in [1.165, 1.54) is 11.8 Å². The summed E-state index contributed by atoms with van der Waals surface area (Å²) in [6, 6.07) is 7.26. The summed E-state index contributed by atoms with van der Waals surface area (Å²) in [7, 11) is 1.56. The number of ether oxygens (including phenoxy) is 1. The van der Waals surface area contributed by atoms with E-state index in [0.29, 0.717) is 16.5 Å². The summed E-state index contributed by atoms with van der Waals surface area (Å²) >= 11 is 1.31. The van der Waals surface area contributed by atoms with Crippen molar-refractivity contribution in [3.05, 3.63) is 30.5 Å². The average Bonchev–Trinajstić information content (AvgIpc) is 2.90. The fraction of sp³-hybridized carbons (Fsp3) is 0.182. The Morgan fingerprint density at radius 3 is 3.06 bits per heavy atom. The molecule has 0 spiro atoms. The SMILES string of the molecule is COc1ccccc1NC(=O)CSc1cn[nH]n1. The van der Waals surface area contributed by atoms with Crippen LogP contribution in [0.25, 0.3) is 0 Å². The molecular formula is C11H12N4O2S. The molecule has 1 amide bonds. The maximum atomic E-state index is 11.7. The van der Waals surface area contributed by atoms with Crippen molar-refractivity contribution in [2.75, 3.05) is 18.2 Å². The number of para-hydroxylation sites is 2. The molecule has 1 heterocycles. The van der Waals surface area contributed by atoms with Crippen LogP contribution in [0.1, 0.15) is 0 Å². The minimum absolute atomic E-state index is 0.118. The molecule has 2 rings (SSSR count). The molecule has 18 heavy (non-hydrogen) atoms. The molecule has 2 aromatic rings. The number of H-pyrrole nitrogens is 1. The smallest absolute Gasteiger partial charge is 0.234 e. The molecule has 0 saturated carbocycles. The van der Waals surface area contributed by atoms with Crippen molar-refractivity contribution < 1.29 is 9.53 Å². The van der Waals surface area contributed by atoms with Gasteiger partial charge in [-0.25, -0.2) is 0 Å². The van der Waals surface area contributed by atoms with Crippen molar-refractivity contribution in [1.82, 2.24) is 15.4 Å².